The fourth-order valence-corrected chi connectivity index (χ4v) is 2.22. The molecule has 0 fully saturated rings. The Balaban J connectivity index is 2.54. The second kappa shape index (κ2) is 5.11. The van der Waals surface area contributed by atoms with E-state index in [9.17, 15) is 0 Å². The van der Waals surface area contributed by atoms with Crippen molar-refractivity contribution in [3.8, 4) is 0 Å². The molecule has 0 aliphatic rings. The third kappa shape index (κ3) is 2.48. The Hall–Kier alpha value is -0.990. The van der Waals surface area contributed by atoms with Gasteiger partial charge in [-0.2, -0.15) is 0 Å². The van der Waals surface area contributed by atoms with E-state index in [-0.39, 0.29) is 0 Å². The minimum atomic E-state index is 0.641. The van der Waals surface area contributed by atoms with Crippen LogP contribution in [0.3, 0.4) is 0 Å². The van der Waals surface area contributed by atoms with E-state index < -0.39 is 0 Å². The molecule has 17 heavy (non-hydrogen) atoms. The highest BCUT2D eigenvalue weighted by molar-refractivity contribution is 6.40. The Morgan fingerprint density at radius 2 is 2.06 bits per heavy atom. The molecule has 1 aromatic heterocycles. The Bertz CT molecular complexity index is 553. The van der Waals surface area contributed by atoms with Crippen LogP contribution in [0.15, 0.2) is 18.2 Å². The molecular weight excluding hydrogens is 255 g/mol. The smallest absolute Gasteiger partial charge is 0.126 e. The van der Waals surface area contributed by atoms with Crippen LogP contribution in [-0.2, 0) is 0 Å². The van der Waals surface area contributed by atoms with Gasteiger partial charge in [0.2, 0.25) is 0 Å². The molecule has 0 saturated carbocycles. The lowest BCUT2D eigenvalue weighted by Crippen LogP contribution is -2.01. The van der Waals surface area contributed by atoms with Crippen LogP contribution in [0.5, 0.6) is 0 Å². The number of anilines is 1. The van der Waals surface area contributed by atoms with Gasteiger partial charge in [-0.05, 0) is 37.1 Å². The number of aryl methyl sites for hydroxylation is 1. The van der Waals surface area contributed by atoms with Crippen LogP contribution in [0.25, 0.3) is 10.9 Å². The molecule has 90 valence electrons. The highest BCUT2D eigenvalue weighted by Gasteiger charge is 2.08. The molecule has 4 heteroatoms. The first kappa shape index (κ1) is 12.5. The van der Waals surface area contributed by atoms with Gasteiger partial charge in [0, 0.05) is 11.9 Å². The number of hydrogen-bond acceptors (Lipinski definition) is 2. The van der Waals surface area contributed by atoms with E-state index >= 15 is 0 Å². The van der Waals surface area contributed by atoms with Crippen LogP contribution in [0.4, 0.5) is 5.82 Å². The molecule has 0 atom stereocenters. The molecule has 0 amide bonds. The lowest BCUT2D eigenvalue weighted by molar-refractivity contribution is 0.972. The maximum absolute atomic E-state index is 6.24. The molecular formula is C13H14Cl2N2. The molecule has 1 heterocycles. The fraction of sp³-hybridized carbons (Fsp3) is 0.308. The van der Waals surface area contributed by atoms with Gasteiger partial charge in [-0.15, -0.1) is 0 Å². The summed E-state index contributed by atoms with van der Waals surface area (Å²) >= 11 is 12.4. The van der Waals surface area contributed by atoms with Crippen molar-refractivity contribution >= 4 is 39.9 Å². The summed E-state index contributed by atoms with van der Waals surface area (Å²) in [6.45, 7) is 4.95. The highest BCUT2D eigenvalue weighted by atomic mass is 35.5. The van der Waals surface area contributed by atoms with Crippen molar-refractivity contribution < 1.29 is 0 Å². The van der Waals surface area contributed by atoms with Crippen LogP contribution in [0.1, 0.15) is 18.9 Å². The lowest BCUT2D eigenvalue weighted by Gasteiger charge is -2.09. The van der Waals surface area contributed by atoms with Crippen molar-refractivity contribution in [2.75, 3.05) is 11.9 Å². The summed E-state index contributed by atoms with van der Waals surface area (Å²) in [6, 6.07) is 5.74. The number of halogens is 2. The first-order valence-corrected chi connectivity index (χ1v) is 6.38. The first-order chi connectivity index (χ1) is 8.13. The van der Waals surface area contributed by atoms with Gasteiger partial charge in [-0.25, -0.2) is 4.98 Å². The molecule has 0 aliphatic heterocycles. The maximum Gasteiger partial charge on any atom is 0.126 e. The standard InChI is InChI=1S/C13H14Cl2N2/c1-3-6-16-11-5-4-9-12(15)8(2)7-10(14)13(9)17-11/h4-5,7H,3,6H2,1-2H3,(H,16,17). The number of aromatic nitrogens is 1. The average Bonchev–Trinajstić information content (AvgIpc) is 2.33. The molecule has 0 bridgehead atoms. The fourth-order valence-electron chi connectivity index (χ4n) is 1.70. The quantitative estimate of drug-likeness (QED) is 0.875. The van der Waals surface area contributed by atoms with Crippen LogP contribution >= 0.6 is 23.2 Å². The summed E-state index contributed by atoms with van der Waals surface area (Å²) in [5.41, 5.74) is 1.73. The number of nitrogens with zero attached hydrogens (tertiary/aromatic N) is 1. The zero-order valence-corrected chi connectivity index (χ0v) is 11.4. The van der Waals surface area contributed by atoms with E-state index in [4.69, 9.17) is 23.2 Å². The van der Waals surface area contributed by atoms with Crippen LogP contribution in [0, 0.1) is 6.92 Å². The molecule has 1 aromatic carbocycles. The van der Waals surface area contributed by atoms with Crippen LogP contribution in [0.2, 0.25) is 10.0 Å². The van der Waals surface area contributed by atoms with Gasteiger partial charge in [0.05, 0.1) is 15.6 Å². The summed E-state index contributed by atoms with van der Waals surface area (Å²) in [6.07, 6.45) is 1.06. The van der Waals surface area contributed by atoms with E-state index in [2.05, 4.69) is 17.2 Å². The van der Waals surface area contributed by atoms with Crippen LogP contribution < -0.4 is 5.32 Å². The number of pyridine rings is 1. The minimum absolute atomic E-state index is 0.641. The van der Waals surface area contributed by atoms with Gasteiger partial charge in [-0.1, -0.05) is 30.1 Å². The number of nitrogens with one attached hydrogen (secondary N) is 1. The molecule has 1 N–H and O–H groups in total. The first-order valence-electron chi connectivity index (χ1n) is 5.62. The molecule has 2 aromatic rings. The van der Waals surface area contributed by atoms with E-state index in [0.717, 1.165) is 40.3 Å². The predicted molar refractivity (Wildman–Crippen MR) is 75.3 cm³/mol. The van der Waals surface area contributed by atoms with E-state index in [1.54, 1.807) is 0 Å². The largest absolute Gasteiger partial charge is 0.370 e. The molecule has 0 saturated heterocycles. The maximum atomic E-state index is 6.24. The van der Waals surface area contributed by atoms with Crippen molar-refractivity contribution in [2.45, 2.75) is 20.3 Å². The second-order valence-electron chi connectivity index (χ2n) is 4.01. The normalized spacial score (nSPS) is 10.8. The zero-order valence-electron chi connectivity index (χ0n) is 9.85. The third-order valence-corrected chi connectivity index (χ3v) is 3.39. The molecule has 2 nitrogen and oxygen atoms in total. The lowest BCUT2D eigenvalue weighted by atomic mass is 10.1. The summed E-state index contributed by atoms with van der Waals surface area (Å²) in [5, 5.41) is 5.50. The summed E-state index contributed by atoms with van der Waals surface area (Å²) in [4.78, 5) is 4.49. The monoisotopic (exact) mass is 268 g/mol. The van der Waals surface area contributed by atoms with Crippen LogP contribution in [-0.4, -0.2) is 11.5 Å². The number of rotatable bonds is 3. The summed E-state index contributed by atoms with van der Waals surface area (Å²) < 4.78 is 0. The highest BCUT2D eigenvalue weighted by Crippen LogP contribution is 2.32. The Morgan fingerprint density at radius 1 is 1.29 bits per heavy atom. The van der Waals surface area contributed by atoms with Gasteiger partial charge in [0.15, 0.2) is 0 Å². The average molecular weight is 269 g/mol. The predicted octanol–water partition coefficient (Wildman–Crippen LogP) is 4.67. The van der Waals surface area contributed by atoms with Crippen molar-refractivity contribution in [2.24, 2.45) is 0 Å². The number of benzene rings is 1. The minimum Gasteiger partial charge on any atom is -0.370 e. The van der Waals surface area contributed by atoms with Crippen molar-refractivity contribution in [3.63, 3.8) is 0 Å². The van der Waals surface area contributed by atoms with Gasteiger partial charge in [0.25, 0.3) is 0 Å². The molecule has 2 rings (SSSR count). The molecule has 0 radical (unpaired) electrons. The number of fused-ring (bicyclic) bond motifs is 1. The second-order valence-corrected chi connectivity index (χ2v) is 4.79. The van der Waals surface area contributed by atoms with Gasteiger partial charge >= 0.3 is 0 Å². The topological polar surface area (TPSA) is 24.9 Å². The Morgan fingerprint density at radius 3 is 2.76 bits per heavy atom. The third-order valence-electron chi connectivity index (χ3n) is 2.60. The van der Waals surface area contributed by atoms with Gasteiger partial charge in [-0.3, -0.25) is 0 Å². The van der Waals surface area contributed by atoms with E-state index in [1.165, 1.54) is 0 Å². The van der Waals surface area contributed by atoms with Crippen molar-refractivity contribution in [1.82, 2.24) is 4.98 Å². The van der Waals surface area contributed by atoms with Crippen molar-refractivity contribution in [3.05, 3.63) is 33.8 Å². The zero-order chi connectivity index (χ0) is 12.4. The molecule has 0 aliphatic carbocycles. The van der Waals surface area contributed by atoms with E-state index in [1.807, 2.05) is 25.1 Å². The Kier molecular flexibility index (Phi) is 3.75. The van der Waals surface area contributed by atoms with Crippen molar-refractivity contribution in [1.29, 1.82) is 0 Å². The molecule has 0 unspecified atom stereocenters. The molecule has 0 spiro atoms. The van der Waals surface area contributed by atoms with Gasteiger partial charge in [0.1, 0.15) is 5.82 Å². The Labute approximate surface area is 111 Å². The SMILES string of the molecule is CCCNc1ccc2c(Cl)c(C)cc(Cl)c2n1. The summed E-state index contributed by atoms with van der Waals surface area (Å²) in [5.74, 6) is 0.834. The van der Waals surface area contributed by atoms with Gasteiger partial charge < -0.3 is 5.32 Å². The van der Waals surface area contributed by atoms with E-state index in [0.29, 0.717) is 5.02 Å². The summed E-state index contributed by atoms with van der Waals surface area (Å²) in [7, 11) is 0. The number of hydrogen-bond donors (Lipinski definition) is 1.